The predicted molar refractivity (Wildman–Crippen MR) is 72.0 cm³/mol. The SMILES string of the molecule is CCCC1(C(=O)O)CCN(C(=O)N(C)C2CC2)CC1. The van der Waals surface area contributed by atoms with Gasteiger partial charge in [-0.05, 0) is 32.1 Å². The van der Waals surface area contributed by atoms with Crippen molar-refractivity contribution in [3.8, 4) is 0 Å². The molecule has 1 N–H and O–H groups in total. The summed E-state index contributed by atoms with van der Waals surface area (Å²) in [7, 11) is 1.85. The van der Waals surface area contributed by atoms with E-state index in [9.17, 15) is 14.7 Å². The third-order valence-corrected chi connectivity index (χ3v) is 4.57. The van der Waals surface area contributed by atoms with Gasteiger partial charge in [0.25, 0.3) is 0 Å². The highest BCUT2D eigenvalue weighted by molar-refractivity contribution is 5.77. The van der Waals surface area contributed by atoms with Crippen molar-refractivity contribution in [2.24, 2.45) is 5.41 Å². The Hall–Kier alpha value is -1.26. The van der Waals surface area contributed by atoms with Crippen molar-refractivity contribution in [3.63, 3.8) is 0 Å². The van der Waals surface area contributed by atoms with E-state index in [0.29, 0.717) is 38.4 Å². The lowest BCUT2D eigenvalue weighted by Gasteiger charge is -2.40. The Morgan fingerprint density at radius 3 is 2.32 bits per heavy atom. The second kappa shape index (κ2) is 5.39. The number of likely N-dealkylation sites (tertiary alicyclic amines) is 1. The number of hydrogen-bond acceptors (Lipinski definition) is 2. The molecule has 0 aromatic heterocycles. The molecule has 5 nitrogen and oxygen atoms in total. The number of piperidine rings is 1. The molecule has 0 aromatic rings. The standard InChI is InChI=1S/C14H24N2O3/c1-3-6-14(12(17)18)7-9-16(10-8-14)13(19)15(2)11-4-5-11/h11H,3-10H2,1-2H3,(H,17,18). The maximum Gasteiger partial charge on any atom is 0.319 e. The van der Waals surface area contributed by atoms with Gasteiger partial charge in [-0.15, -0.1) is 0 Å². The van der Waals surface area contributed by atoms with Crippen LogP contribution in [0.3, 0.4) is 0 Å². The number of aliphatic carboxylic acids is 1. The zero-order chi connectivity index (χ0) is 14.0. The Labute approximate surface area is 114 Å². The van der Waals surface area contributed by atoms with Crippen molar-refractivity contribution in [1.82, 2.24) is 9.80 Å². The van der Waals surface area contributed by atoms with Crippen LogP contribution in [0, 0.1) is 5.41 Å². The zero-order valence-electron chi connectivity index (χ0n) is 11.9. The summed E-state index contributed by atoms with van der Waals surface area (Å²) in [6.45, 7) is 3.16. The first-order valence-corrected chi connectivity index (χ1v) is 7.25. The van der Waals surface area contributed by atoms with Crippen LogP contribution >= 0.6 is 0 Å². The van der Waals surface area contributed by atoms with Crippen molar-refractivity contribution >= 4 is 12.0 Å². The molecule has 2 aliphatic rings. The van der Waals surface area contributed by atoms with E-state index in [0.717, 1.165) is 19.3 Å². The summed E-state index contributed by atoms with van der Waals surface area (Å²) < 4.78 is 0. The minimum absolute atomic E-state index is 0.0676. The van der Waals surface area contributed by atoms with Gasteiger partial charge in [-0.1, -0.05) is 13.3 Å². The van der Waals surface area contributed by atoms with E-state index < -0.39 is 11.4 Å². The first-order valence-electron chi connectivity index (χ1n) is 7.25. The monoisotopic (exact) mass is 268 g/mol. The molecule has 108 valence electrons. The van der Waals surface area contributed by atoms with Gasteiger partial charge < -0.3 is 14.9 Å². The molecule has 0 aromatic carbocycles. The maximum atomic E-state index is 12.2. The molecule has 0 radical (unpaired) electrons. The Kier molecular flexibility index (Phi) is 4.02. The Morgan fingerprint density at radius 2 is 1.89 bits per heavy atom. The molecule has 0 spiro atoms. The number of amides is 2. The normalized spacial score (nSPS) is 22.1. The molecular formula is C14H24N2O3. The minimum atomic E-state index is -0.697. The van der Waals surface area contributed by atoms with Crippen LogP contribution < -0.4 is 0 Å². The van der Waals surface area contributed by atoms with E-state index in [2.05, 4.69) is 0 Å². The number of carbonyl (C=O) groups is 2. The number of nitrogens with zero attached hydrogens (tertiary/aromatic N) is 2. The van der Waals surface area contributed by atoms with Gasteiger partial charge in [-0.3, -0.25) is 4.79 Å². The van der Waals surface area contributed by atoms with Crippen LogP contribution in [0.15, 0.2) is 0 Å². The largest absolute Gasteiger partial charge is 0.481 e. The summed E-state index contributed by atoms with van der Waals surface area (Å²) in [6.07, 6.45) is 4.96. The van der Waals surface area contributed by atoms with Gasteiger partial charge in [0.1, 0.15) is 0 Å². The molecular weight excluding hydrogens is 244 g/mol. The van der Waals surface area contributed by atoms with Gasteiger partial charge in [0, 0.05) is 26.2 Å². The molecule has 2 amide bonds. The van der Waals surface area contributed by atoms with Crippen LogP contribution in [0.25, 0.3) is 0 Å². The zero-order valence-corrected chi connectivity index (χ0v) is 11.9. The van der Waals surface area contributed by atoms with E-state index in [1.54, 1.807) is 0 Å². The highest BCUT2D eigenvalue weighted by atomic mass is 16.4. The van der Waals surface area contributed by atoms with Gasteiger partial charge >= 0.3 is 12.0 Å². The number of carboxylic acid groups (broad SMARTS) is 1. The first-order chi connectivity index (χ1) is 9.00. The molecule has 1 saturated heterocycles. The fourth-order valence-electron chi connectivity index (χ4n) is 3.02. The number of rotatable bonds is 4. The molecule has 19 heavy (non-hydrogen) atoms. The minimum Gasteiger partial charge on any atom is -0.481 e. The quantitative estimate of drug-likeness (QED) is 0.850. The number of carbonyl (C=O) groups excluding carboxylic acids is 1. The summed E-state index contributed by atoms with van der Waals surface area (Å²) >= 11 is 0. The number of hydrogen-bond donors (Lipinski definition) is 1. The molecule has 1 aliphatic heterocycles. The van der Waals surface area contributed by atoms with Crippen LogP contribution in [0.5, 0.6) is 0 Å². The topological polar surface area (TPSA) is 60.9 Å². The average molecular weight is 268 g/mol. The molecule has 1 heterocycles. The van der Waals surface area contributed by atoms with Gasteiger partial charge in [0.15, 0.2) is 0 Å². The van der Waals surface area contributed by atoms with Crippen molar-refractivity contribution in [2.75, 3.05) is 20.1 Å². The molecule has 5 heteroatoms. The Balaban J connectivity index is 1.93. The van der Waals surface area contributed by atoms with E-state index in [1.165, 1.54) is 0 Å². The summed E-state index contributed by atoms with van der Waals surface area (Å²) in [4.78, 5) is 27.3. The van der Waals surface area contributed by atoms with Crippen molar-refractivity contribution in [2.45, 2.75) is 51.5 Å². The number of urea groups is 1. The summed E-state index contributed by atoms with van der Waals surface area (Å²) in [5, 5.41) is 9.44. The molecule has 0 unspecified atom stereocenters. The molecule has 1 saturated carbocycles. The van der Waals surface area contributed by atoms with Gasteiger partial charge in [-0.2, -0.15) is 0 Å². The molecule has 2 rings (SSSR count). The van der Waals surface area contributed by atoms with Crippen LogP contribution in [0.2, 0.25) is 0 Å². The molecule has 0 atom stereocenters. The second-order valence-electron chi connectivity index (χ2n) is 5.95. The fraction of sp³-hybridized carbons (Fsp3) is 0.857. The lowest BCUT2D eigenvalue weighted by molar-refractivity contribution is -0.152. The van der Waals surface area contributed by atoms with E-state index in [4.69, 9.17) is 0 Å². The fourth-order valence-corrected chi connectivity index (χ4v) is 3.02. The van der Waals surface area contributed by atoms with Crippen molar-refractivity contribution in [1.29, 1.82) is 0 Å². The van der Waals surface area contributed by atoms with Gasteiger partial charge in [0.2, 0.25) is 0 Å². The Morgan fingerprint density at radius 1 is 1.32 bits per heavy atom. The first kappa shape index (κ1) is 14.2. The average Bonchev–Trinajstić information content (AvgIpc) is 3.22. The third kappa shape index (κ3) is 2.85. The van der Waals surface area contributed by atoms with Crippen LogP contribution in [-0.4, -0.2) is 53.1 Å². The second-order valence-corrected chi connectivity index (χ2v) is 5.95. The molecule has 0 bridgehead atoms. The lowest BCUT2D eigenvalue weighted by Crippen LogP contribution is -2.50. The van der Waals surface area contributed by atoms with Crippen LogP contribution in [0.4, 0.5) is 4.79 Å². The van der Waals surface area contributed by atoms with Crippen LogP contribution in [0.1, 0.15) is 45.4 Å². The predicted octanol–water partition coefficient (Wildman–Crippen LogP) is 2.17. The van der Waals surface area contributed by atoms with Gasteiger partial charge in [0.05, 0.1) is 5.41 Å². The summed E-state index contributed by atoms with van der Waals surface area (Å²) in [5.74, 6) is -0.697. The number of carboxylic acids is 1. The summed E-state index contributed by atoms with van der Waals surface area (Å²) in [6, 6.07) is 0.479. The summed E-state index contributed by atoms with van der Waals surface area (Å²) in [5.41, 5.74) is -0.607. The Bertz CT molecular complexity index is 358. The molecule has 2 fully saturated rings. The molecule has 1 aliphatic carbocycles. The highest BCUT2D eigenvalue weighted by Crippen LogP contribution is 2.37. The van der Waals surface area contributed by atoms with E-state index >= 15 is 0 Å². The third-order valence-electron chi connectivity index (χ3n) is 4.57. The maximum absolute atomic E-state index is 12.2. The van der Waals surface area contributed by atoms with E-state index in [-0.39, 0.29) is 6.03 Å². The van der Waals surface area contributed by atoms with E-state index in [1.807, 2.05) is 23.8 Å². The lowest BCUT2D eigenvalue weighted by atomic mass is 9.75. The smallest absolute Gasteiger partial charge is 0.319 e. The van der Waals surface area contributed by atoms with Crippen molar-refractivity contribution in [3.05, 3.63) is 0 Å². The van der Waals surface area contributed by atoms with Crippen LogP contribution in [-0.2, 0) is 4.79 Å². The van der Waals surface area contributed by atoms with Gasteiger partial charge in [-0.25, -0.2) is 4.79 Å². The highest BCUT2D eigenvalue weighted by Gasteiger charge is 2.42. The van der Waals surface area contributed by atoms with Crippen molar-refractivity contribution < 1.29 is 14.7 Å².